The summed E-state index contributed by atoms with van der Waals surface area (Å²) in [5.74, 6) is 0.912. The summed E-state index contributed by atoms with van der Waals surface area (Å²) in [4.78, 5) is 4.36. The lowest BCUT2D eigenvalue weighted by Gasteiger charge is -2.20. The van der Waals surface area contributed by atoms with Crippen molar-refractivity contribution in [2.45, 2.75) is 32.9 Å². The third-order valence-electron chi connectivity index (χ3n) is 3.19. The summed E-state index contributed by atoms with van der Waals surface area (Å²) in [7, 11) is 0. The molecule has 1 aromatic carbocycles. The van der Waals surface area contributed by atoms with Crippen molar-refractivity contribution in [3.8, 4) is 5.75 Å². The lowest BCUT2D eigenvalue weighted by molar-refractivity contribution is 0.263. The molecule has 0 amide bonds. The Morgan fingerprint density at radius 1 is 1.10 bits per heavy atom. The van der Waals surface area contributed by atoms with Crippen LogP contribution in [0, 0.1) is 6.92 Å². The molecule has 0 saturated carbocycles. The molecule has 1 heterocycles. The van der Waals surface area contributed by atoms with E-state index in [-0.39, 0.29) is 12.1 Å². The van der Waals surface area contributed by atoms with Crippen LogP contribution in [0.1, 0.15) is 31.1 Å². The maximum atomic E-state index is 5.78. The highest BCUT2D eigenvalue weighted by Crippen LogP contribution is 2.13. The Kier molecular flexibility index (Phi) is 5.13. The molecule has 0 aliphatic carbocycles. The van der Waals surface area contributed by atoms with Crippen LogP contribution in [-0.4, -0.2) is 17.6 Å². The summed E-state index contributed by atoms with van der Waals surface area (Å²) in [6.45, 7) is 6.95. The quantitative estimate of drug-likeness (QED) is 0.872. The smallest absolute Gasteiger partial charge is 0.119 e. The lowest BCUT2D eigenvalue weighted by atomic mass is 10.2. The fourth-order valence-electron chi connectivity index (χ4n) is 2.05. The molecule has 3 heteroatoms. The van der Waals surface area contributed by atoms with Crippen LogP contribution in [0.3, 0.4) is 0 Å². The average molecular weight is 270 g/mol. The third-order valence-corrected chi connectivity index (χ3v) is 3.19. The van der Waals surface area contributed by atoms with E-state index in [0.29, 0.717) is 6.61 Å². The largest absolute Gasteiger partial charge is 0.492 e. The molecule has 2 aromatic rings. The third kappa shape index (κ3) is 4.35. The van der Waals surface area contributed by atoms with E-state index >= 15 is 0 Å². The summed E-state index contributed by atoms with van der Waals surface area (Å²) in [6, 6.07) is 14.6. The normalized spacial score (nSPS) is 13.8. The number of rotatable bonds is 6. The van der Waals surface area contributed by atoms with Gasteiger partial charge in [0.15, 0.2) is 0 Å². The van der Waals surface area contributed by atoms with Gasteiger partial charge in [0.25, 0.3) is 0 Å². The zero-order chi connectivity index (χ0) is 14.4. The van der Waals surface area contributed by atoms with Crippen molar-refractivity contribution >= 4 is 0 Å². The predicted molar refractivity (Wildman–Crippen MR) is 81.9 cm³/mol. The van der Waals surface area contributed by atoms with Crippen molar-refractivity contribution in [3.63, 3.8) is 0 Å². The minimum absolute atomic E-state index is 0.216. The Labute approximate surface area is 121 Å². The number of pyridine rings is 1. The van der Waals surface area contributed by atoms with Crippen molar-refractivity contribution in [2.24, 2.45) is 0 Å². The molecule has 2 atom stereocenters. The number of hydrogen-bond donors (Lipinski definition) is 1. The van der Waals surface area contributed by atoms with Gasteiger partial charge in [0.2, 0.25) is 0 Å². The first-order valence-electron chi connectivity index (χ1n) is 7.01. The number of aryl methyl sites for hydroxylation is 1. The Balaban J connectivity index is 1.80. The van der Waals surface area contributed by atoms with E-state index in [1.54, 1.807) is 0 Å². The molecule has 1 N–H and O–H groups in total. The van der Waals surface area contributed by atoms with Crippen molar-refractivity contribution in [1.29, 1.82) is 0 Å². The Morgan fingerprint density at radius 2 is 1.85 bits per heavy atom. The molecular weight excluding hydrogens is 248 g/mol. The fourth-order valence-corrected chi connectivity index (χ4v) is 2.05. The molecule has 0 saturated heterocycles. The molecule has 1 aromatic heterocycles. The number of nitrogens with zero attached hydrogens (tertiary/aromatic N) is 1. The van der Waals surface area contributed by atoms with Gasteiger partial charge in [-0.25, -0.2) is 0 Å². The summed E-state index contributed by atoms with van der Waals surface area (Å²) in [5.41, 5.74) is 2.29. The molecule has 0 aliphatic rings. The van der Waals surface area contributed by atoms with Gasteiger partial charge in [-0.2, -0.15) is 0 Å². The van der Waals surface area contributed by atoms with Crippen LogP contribution in [-0.2, 0) is 0 Å². The number of ether oxygens (including phenoxy) is 1. The molecule has 3 nitrogen and oxygen atoms in total. The molecule has 2 unspecified atom stereocenters. The molecule has 0 bridgehead atoms. The van der Waals surface area contributed by atoms with Gasteiger partial charge in [0.05, 0.1) is 5.69 Å². The van der Waals surface area contributed by atoms with Crippen molar-refractivity contribution < 1.29 is 4.74 Å². The highest BCUT2D eigenvalue weighted by Gasteiger charge is 2.10. The topological polar surface area (TPSA) is 34.1 Å². The Bertz CT molecular complexity index is 510. The summed E-state index contributed by atoms with van der Waals surface area (Å²) in [5, 5.41) is 3.49. The van der Waals surface area contributed by atoms with Crippen molar-refractivity contribution in [2.75, 3.05) is 6.61 Å². The van der Waals surface area contributed by atoms with Gasteiger partial charge < -0.3 is 10.1 Å². The first-order chi connectivity index (χ1) is 9.65. The number of hydrogen-bond acceptors (Lipinski definition) is 3. The van der Waals surface area contributed by atoms with E-state index in [1.165, 1.54) is 5.56 Å². The number of aromatic nitrogens is 1. The molecule has 0 spiro atoms. The van der Waals surface area contributed by atoms with Crippen LogP contribution in [0.5, 0.6) is 5.75 Å². The van der Waals surface area contributed by atoms with Gasteiger partial charge >= 0.3 is 0 Å². The second-order valence-electron chi connectivity index (χ2n) is 5.17. The van der Waals surface area contributed by atoms with E-state index in [0.717, 1.165) is 11.4 Å². The highest BCUT2D eigenvalue weighted by molar-refractivity contribution is 5.26. The minimum atomic E-state index is 0.216. The molecule has 20 heavy (non-hydrogen) atoms. The minimum Gasteiger partial charge on any atom is -0.492 e. The summed E-state index contributed by atoms with van der Waals surface area (Å²) in [6.07, 6.45) is 1.82. The molecule has 0 aliphatic heterocycles. The second-order valence-corrected chi connectivity index (χ2v) is 5.17. The van der Waals surface area contributed by atoms with Crippen LogP contribution in [0.4, 0.5) is 0 Å². The molecule has 106 valence electrons. The van der Waals surface area contributed by atoms with Gasteiger partial charge in [0, 0.05) is 18.3 Å². The molecule has 0 radical (unpaired) electrons. The van der Waals surface area contributed by atoms with Gasteiger partial charge in [-0.1, -0.05) is 23.8 Å². The van der Waals surface area contributed by atoms with Gasteiger partial charge in [0.1, 0.15) is 12.4 Å². The molecular formula is C17H22N2O. The van der Waals surface area contributed by atoms with Gasteiger partial charge in [-0.3, -0.25) is 4.98 Å². The first-order valence-corrected chi connectivity index (χ1v) is 7.01. The van der Waals surface area contributed by atoms with E-state index in [4.69, 9.17) is 4.74 Å². The van der Waals surface area contributed by atoms with E-state index in [9.17, 15) is 0 Å². The first kappa shape index (κ1) is 14.5. The fraction of sp³-hybridized carbons (Fsp3) is 0.353. The summed E-state index contributed by atoms with van der Waals surface area (Å²) < 4.78 is 5.78. The number of benzene rings is 1. The molecule has 0 fully saturated rings. The molecule has 2 rings (SSSR count). The maximum Gasteiger partial charge on any atom is 0.119 e. The van der Waals surface area contributed by atoms with Crippen LogP contribution in [0.2, 0.25) is 0 Å². The van der Waals surface area contributed by atoms with Crippen LogP contribution in [0.25, 0.3) is 0 Å². The van der Waals surface area contributed by atoms with Gasteiger partial charge in [-0.05, 0) is 45.0 Å². The van der Waals surface area contributed by atoms with Gasteiger partial charge in [-0.15, -0.1) is 0 Å². The number of nitrogens with one attached hydrogen (secondary N) is 1. The standard InChI is InChI=1S/C17H22N2O/c1-13-7-9-16(10-8-13)20-12-14(2)19-15(3)17-6-4-5-11-18-17/h4-11,14-15,19H,12H2,1-3H3. The van der Waals surface area contributed by atoms with Crippen LogP contribution < -0.4 is 10.1 Å². The van der Waals surface area contributed by atoms with E-state index < -0.39 is 0 Å². The average Bonchev–Trinajstić information content (AvgIpc) is 2.47. The SMILES string of the molecule is Cc1ccc(OCC(C)NC(C)c2ccccn2)cc1. The Morgan fingerprint density at radius 3 is 2.50 bits per heavy atom. The van der Waals surface area contributed by atoms with E-state index in [2.05, 4.69) is 43.2 Å². The lowest BCUT2D eigenvalue weighted by Crippen LogP contribution is -2.34. The highest BCUT2D eigenvalue weighted by atomic mass is 16.5. The van der Waals surface area contributed by atoms with Crippen LogP contribution >= 0.6 is 0 Å². The summed E-state index contributed by atoms with van der Waals surface area (Å²) >= 11 is 0. The second kappa shape index (κ2) is 7.06. The monoisotopic (exact) mass is 270 g/mol. The van der Waals surface area contributed by atoms with Crippen LogP contribution in [0.15, 0.2) is 48.7 Å². The van der Waals surface area contributed by atoms with Crippen molar-refractivity contribution in [3.05, 3.63) is 59.9 Å². The predicted octanol–water partition coefficient (Wildman–Crippen LogP) is 3.51. The zero-order valence-electron chi connectivity index (χ0n) is 12.3. The Hall–Kier alpha value is -1.87. The van der Waals surface area contributed by atoms with E-state index in [1.807, 2.05) is 36.5 Å². The zero-order valence-corrected chi connectivity index (χ0v) is 12.3. The van der Waals surface area contributed by atoms with Crippen molar-refractivity contribution in [1.82, 2.24) is 10.3 Å². The maximum absolute atomic E-state index is 5.78.